The summed E-state index contributed by atoms with van der Waals surface area (Å²) < 4.78 is 5.20. The van der Waals surface area contributed by atoms with Crippen molar-refractivity contribution in [2.24, 2.45) is 5.73 Å². The van der Waals surface area contributed by atoms with Crippen LogP contribution in [0, 0.1) is 0 Å². The first-order valence-corrected chi connectivity index (χ1v) is 5.85. The highest BCUT2D eigenvalue weighted by atomic mass is 32.1. The normalized spacial score (nSPS) is 12.9. The maximum Gasteiger partial charge on any atom is 0.231 e. The Morgan fingerprint density at radius 2 is 2.47 bits per heavy atom. The van der Waals surface area contributed by atoms with Crippen LogP contribution in [0.4, 0.5) is 0 Å². The average Bonchev–Trinajstić information content (AvgIpc) is 2.89. The summed E-state index contributed by atoms with van der Waals surface area (Å²) >= 11 is 1.62. The molecule has 0 aliphatic rings. The highest BCUT2D eigenvalue weighted by molar-refractivity contribution is 7.08. The van der Waals surface area contributed by atoms with Gasteiger partial charge in [0.1, 0.15) is 0 Å². The third kappa shape index (κ3) is 2.08. The molecular weight excluding hydrogens is 210 g/mol. The van der Waals surface area contributed by atoms with E-state index in [1.807, 2.05) is 16.8 Å². The predicted octanol–water partition coefficient (Wildman–Crippen LogP) is 2.25. The topological polar surface area (TPSA) is 64.9 Å². The van der Waals surface area contributed by atoms with E-state index >= 15 is 0 Å². The van der Waals surface area contributed by atoms with Gasteiger partial charge in [0.25, 0.3) is 0 Å². The lowest BCUT2D eigenvalue weighted by Gasteiger charge is -2.03. The number of nitrogens with two attached hydrogens (primary N) is 1. The number of rotatable bonds is 4. The van der Waals surface area contributed by atoms with Gasteiger partial charge in [-0.1, -0.05) is 12.1 Å². The van der Waals surface area contributed by atoms with Crippen LogP contribution < -0.4 is 5.73 Å². The van der Waals surface area contributed by atoms with Crippen LogP contribution in [0.1, 0.15) is 25.2 Å². The molecule has 5 heteroatoms. The fourth-order valence-corrected chi connectivity index (χ4v) is 1.99. The van der Waals surface area contributed by atoms with E-state index in [0.717, 1.165) is 12.0 Å². The molecule has 2 heterocycles. The van der Waals surface area contributed by atoms with Crippen LogP contribution in [-0.2, 0) is 0 Å². The lowest BCUT2D eigenvalue weighted by atomic mass is 10.1. The maximum absolute atomic E-state index is 5.62. The van der Waals surface area contributed by atoms with Crippen molar-refractivity contribution in [2.45, 2.75) is 19.3 Å². The SMILES string of the molecule is CCC(CN)c1nc(-c2ccsc2)no1. The van der Waals surface area contributed by atoms with E-state index in [0.29, 0.717) is 18.3 Å². The Labute approximate surface area is 92.1 Å². The monoisotopic (exact) mass is 223 g/mol. The van der Waals surface area contributed by atoms with Crippen molar-refractivity contribution in [3.05, 3.63) is 22.7 Å². The van der Waals surface area contributed by atoms with Crippen molar-refractivity contribution in [2.75, 3.05) is 6.54 Å². The van der Waals surface area contributed by atoms with Gasteiger partial charge in [0.05, 0.1) is 5.92 Å². The van der Waals surface area contributed by atoms with E-state index in [1.54, 1.807) is 11.3 Å². The minimum Gasteiger partial charge on any atom is -0.339 e. The zero-order valence-electron chi connectivity index (χ0n) is 8.51. The Morgan fingerprint density at radius 3 is 3.07 bits per heavy atom. The first kappa shape index (κ1) is 10.3. The molecule has 0 aliphatic carbocycles. The Bertz CT molecular complexity index is 406. The molecule has 0 saturated heterocycles. The van der Waals surface area contributed by atoms with E-state index < -0.39 is 0 Å². The molecule has 0 fully saturated rings. The highest BCUT2D eigenvalue weighted by Crippen LogP contribution is 2.22. The number of hydrogen-bond donors (Lipinski definition) is 1. The largest absolute Gasteiger partial charge is 0.339 e. The van der Waals surface area contributed by atoms with Crippen molar-refractivity contribution in [3.8, 4) is 11.4 Å². The molecule has 0 amide bonds. The predicted molar refractivity (Wildman–Crippen MR) is 59.7 cm³/mol. The van der Waals surface area contributed by atoms with Crippen LogP contribution in [0.2, 0.25) is 0 Å². The van der Waals surface area contributed by atoms with Crippen molar-refractivity contribution < 1.29 is 4.52 Å². The molecule has 2 rings (SSSR count). The van der Waals surface area contributed by atoms with Gasteiger partial charge in [0.15, 0.2) is 0 Å². The number of hydrogen-bond acceptors (Lipinski definition) is 5. The van der Waals surface area contributed by atoms with Crippen molar-refractivity contribution >= 4 is 11.3 Å². The molecule has 80 valence electrons. The van der Waals surface area contributed by atoms with Gasteiger partial charge in [-0.15, -0.1) is 0 Å². The second-order valence-electron chi connectivity index (χ2n) is 3.31. The van der Waals surface area contributed by atoms with E-state index in [2.05, 4.69) is 17.1 Å². The minimum atomic E-state index is 0.171. The van der Waals surface area contributed by atoms with Gasteiger partial charge in [-0.25, -0.2) is 0 Å². The number of nitrogens with zero attached hydrogens (tertiary/aromatic N) is 2. The van der Waals surface area contributed by atoms with Gasteiger partial charge < -0.3 is 10.3 Å². The van der Waals surface area contributed by atoms with Crippen LogP contribution >= 0.6 is 11.3 Å². The molecule has 1 atom stereocenters. The van der Waals surface area contributed by atoms with Gasteiger partial charge >= 0.3 is 0 Å². The molecule has 4 nitrogen and oxygen atoms in total. The smallest absolute Gasteiger partial charge is 0.231 e. The van der Waals surface area contributed by atoms with E-state index in [1.165, 1.54) is 0 Å². The van der Waals surface area contributed by atoms with Crippen LogP contribution in [-0.4, -0.2) is 16.7 Å². The molecule has 0 aliphatic heterocycles. The summed E-state index contributed by atoms with van der Waals surface area (Å²) in [6.07, 6.45) is 0.918. The van der Waals surface area contributed by atoms with E-state index in [4.69, 9.17) is 10.3 Å². The number of thiophene rings is 1. The molecule has 2 N–H and O–H groups in total. The summed E-state index contributed by atoms with van der Waals surface area (Å²) in [5.74, 6) is 1.46. The summed E-state index contributed by atoms with van der Waals surface area (Å²) in [6, 6.07) is 1.97. The summed E-state index contributed by atoms with van der Waals surface area (Å²) in [5.41, 5.74) is 6.62. The fraction of sp³-hybridized carbons (Fsp3) is 0.400. The van der Waals surface area contributed by atoms with Gasteiger partial charge in [0, 0.05) is 17.5 Å². The first-order valence-electron chi connectivity index (χ1n) is 4.91. The van der Waals surface area contributed by atoms with Crippen LogP contribution in [0.15, 0.2) is 21.3 Å². The van der Waals surface area contributed by atoms with Crippen molar-refractivity contribution in [1.82, 2.24) is 10.1 Å². The molecule has 0 radical (unpaired) electrons. The van der Waals surface area contributed by atoms with E-state index in [-0.39, 0.29) is 5.92 Å². The Morgan fingerprint density at radius 1 is 1.60 bits per heavy atom. The average molecular weight is 223 g/mol. The lowest BCUT2D eigenvalue weighted by molar-refractivity contribution is 0.351. The second kappa shape index (κ2) is 4.55. The van der Waals surface area contributed by atoms with Gasteiger partial charge in [-0.3, -0.25) is 0 Å². The van der Waals surface area contributed by atoms with Crippen LogP contribution in [0.5, 0.6) is 0 Å². The summed E-state index contributed by atoms with van der Waals surface area (Å²) in [5, 5.41) is 7.93. The highest BCUT2D eigenvalue weighted by Gasteiger charge is 2.16. The number of aromatic nitrogens is 2. The van der Waals surface area contributed by atoms with Crippen LogP contribution in [0.3, 0.4) is 0 Å². The van der Waals surface area contributed by atoms with Gasteiger partial charge in [-0.2, -0.15) is 16.3 Å². The zero-order chi connectivity index (χ0) is 10.7. The molecule has 2 aromatic heterocycles. The standard InChI is InChI=1S/C10H13N3OS/c1-2-7(5-11)10-12-9(13-14-10)8-3-4-15-6-8/h3-4,6-7H,2,5,11H2,1H3. The molecule has 0 saturated carbocycles. The summed E-state index contributed by atoms with van der Waals surface area (Å²) in [6.45, 7) is 2.60. The molecule has 0 spiro atoms. The second-order valence-corrected chi connectivity index (χ2v) is 4.09. The van der Waals surface area contributed by atoms with Gasteiger partial charge in [0.2, 0.25) is 11.7 Å². The van der Waals surface area contributed by atoms with Crippen molar-refractivity contribution in [3.63, 3.8) is 0 Å². The minimum absolute atomic E-state index is 0.171. The molecule has 1 unspecified atom stereocenters. The Balaban J connectivity index is 2.24. The Hall–Kier alpha value is -1.20. The Kier molecular flexibility index (Phi) is 3.13. The quantitative estimate of drug-likeness (QED) is 0.863. The molecule has 2 aromatic rings. The first-order chi connectivity index (χ1) is 7.35. The lowest BCUT2D eigenvalue weighted by Crippen LogP contribution is -2.11. The molecule has 0 bridgehead atoms. The third-order valence-corrected chi connectivity index (χ3v) is 3.03. The van der Waals surface area contributed by atoms with Crippen LogP contribution in [0.25, 0.3) is 11.4 Å². The van der Waals surface area contributed by atoms with Crippen molar-refractivity contribution in [1.29, 1.82) is 0 Å². The molecule has 0 aromatic carbocycles. The summed E-state index contributed by atoms with van der Waals surface area (Å²) in [7, 11) is 0. The molecular formula is C10H13N3OS. The molecule has 15 heavy (non-hydrogen) atoms. The fourth-order valence-electron chi connectivity index (χ4n) is 1.35. The van der Waals surface area contributed by atoms with E-state index in [9.17, 15) is 0 Å². The third-order valence-electron chi connectivity index (χ3n) is 2.35. The maximum atomic E-state index is 5.62. The summed E-state index contributed by atoms with van der Waals surface area (Å²) in [4.78, 5) is 4.34. The van der Waals surface area contributed by atoms with Gasteiger partial charge in [-0.05, 0) is 17.9 Å². The zero-order valence-corrected chi connectivity index (χ0v) is 9.33.